The summed E-state index contributed by atoms with van der Waals surface area (Å²) in [4.78, 5) is 10.4. The minimum atomic E-state index is -0.904. The molecule has 0 aliphatic rings. The van der Waals surface area contributed by atoms with E-state index >= 15 is 0 Å². The van der Waals surface area contributed by atoms with Gasteiger partial charge in [0.1, 0.15) is 6.04 Å². The highest BCUT2D eigenvalue weighted by atomic mass is 16.4. The first-order valence-corrected chi connectivity index (χ1v) is 3.69. The van der Waals surface area contributed by atoms with E-state index in [9.17, 15) is 4.79 Å². The number of hydrogen-bond acceptors (Lipinski definition) is 1. The van der Waals surface area contributed by atoms with Crippen molar-refractivity contribution in [2.75, 3.05) is 0 Å². The molecule has 1 radical (unpaired) electrons. The van der Waals surface area contributed by atoms with Crippen molar-refractivity contribution in [2.24, 2.45) is 0 Å². The van der Waals surface area contributed by atoms with E-state index in [1.165, 1.54) is 0 Å². The molecule has 0 amide bonds. The molecule has 0 heterocycles. The van der Waals surface area contributed by atoms with Gasteiger partial charge in [0.05, 0.1) is 5.69 Å². The van der Waals surface area contributed by atoms with Gasteiger partial charge in [0, 0.05) is 0 Å². The molecule has 1 aromatic rings. The van der Waals surface area contributed by atoms with Crippen LogP contribution in [0.4, 0.5) is 5.69 Å². The van der Waals surface area contributed by atoms with Crippen LogP contribution in [0.3, 0.4) is 0 Å². The van der Waals surface area contributed by atoms with Crippen LogP contribution < -0.4 is 5.32 Å². The fourth-order valence-corrected chi connectivity index (χ4v) is 0.793. The van der Waals surface area contributed by atoms with Gasteiger partial charge in [0.25, 0.3) is 0 Å². The number of rotatable bonds is 3. The summed E-state index contributed by atoms with van der Waals surface area (Å²) in [5, 5.41) is 12.5. The average molecular weight is 164 g/mol. The number of nitrogens with zero attached hydrogens (tertiary/aromatic N) is 1. The van der Waals surface area contributed by atoms with Crippen LogP contribution in [0.25, 0.3) is 0 Å². The van der Waals surface area contributed by atoms with Gasteiger partial charge < -0.3 is 5.11 Å². The molecule has 3 nitrogen and oxygen atoms in total. The fraction of sp³-hybridized carbons (Fsp3) is 0.222. The topological polar surface area (TPSA) is 51.4 Å². The summed E-state index contributed by atoms with van der Waals surface area (Å²) in [7, 11) is 0. The van der Waals surface area contributed by atoms with Crippen LogP contribution in [-0.2, 0) is 4.79 Å². The lowest BCUT2D eigenvalue weighted by molar-refractivity contribution is -0.138. The van der Waals surface area contributed by atoms with Crippen LogP contribution in [0.2, 0.25) is 0 Å². The van der Waals surface area contributed by atoms with E-state index in [2.05, 4.69) is 5.32 Å². The molecule has 0 saturated heterocycles. The number of carboxylic acids is 1. The summed E-state index contributed by atoms with van der Waals surface area (Å²) in [5.74, 6) is -0.904. The van der Waals surface area contributed by atoms with Crippen LogP contribution in [0.1, 0.15) is 6.92 Å². The summed E-state index contributed by atoms with van der Waals surface area (Å²) in [6.07, 6.45) is 0. The molecule has 1 aromatic carbocycles. The van der Waals surface area contributed by atoms with Crippen LogP contribution in [0, 0.1) is 0 Å². The van der Waals surface area contributed by atoms with Gasteiger partial charge in [-0.3, -0.25) is 5.32 Å². The van der Waals surface area contributed by atoms with Crippen molar-refractivity contribution in [1.82, 2.24) is 5.32 Å². The lowest BCUT2D eigenvalue weighted by Gasteiger charge is -2.05. The molecule has 1 N–H and O–H groups in total. The summed E-state index contributed by atoms with van der Waals surface area (Å²) < 4.78 is 0. The van der Waals surface area contributed by atoms with Crippen molar-refractivity contribution < 1.29 is 9.90 Å². The van der Waals surface area contributed by atoms with Crippen molar-refractivity contribution in [3.05, 3.63) is 30.3 Å². The molecule has 0 bridgehead atoms. The number of aliphatic carboxylic acids is 1. The zero-order valence-corrected chi connectivity index (χ0v) is 6.77. The van der Waals surface area contributed by atoms with Crippen LogP contribution in [-0.4, -0.2) is 17.1 Å². The minimum absolute atomic E-state index is 0.674. The molecule has 0 aromatic heterocycles. The third-order valence-corrected chi connectivity index (χ3v) is 1.46. The predicted molar refractivity (Wildman–Crippen MR) is 45.3 cm³/mol. The Morgan fingerprint density at radius 3 is 2.50 bits per heavy atom. The van der Waals surface area contributed by atoms with Crippen LogP contribution in [0.15, 0.2) is 30.3 Å². The smallest absolute Gasteiger partial charge is 0.328 e. The molecule has 1 rings (SSSR count). The van der Waals surface area contributed by atoms with Crippen molar-refractivity contribution in [2.45, 2.75) is 13.0 Å². The van der Waals surface area contributed by atoms with E-state index in [1.54, 1.807) is 19.1 Å². The number of carboxylic acid groups (broad SMARTS) is 1. The maximum absolute atomic E-state index is 10.4. The van der Waals surface area contributed by atoms with Gasteiger partial charge in [-0.1, -0.05) is 18.2 Å². The third-order valence-electron chi connectivity index (χ3n) is 1.46. The van der Waals surface area contributed by atoms with Gasteiger partial charge in [-0.2, -0.15) is 0 Å². The summed E-state index contributed by atoms with van der Waals surface area (Å²) in [6, 6.07) is 8.40. The Balaban J connectivity index is 2.58. The molecule has 0 spiro atoms. The highest BCUT2D eigenvalue weighted by molar-refractivity contribution is 5.73. The molecular formula is C9H10NO2. The Kier molecular flexibility index (Phi) is 2.69. The molecule has 63 valence electrons. The Morgan fingerprint density at radius 2 is 2.00 bits per heavy atom. The highest BCUT2D eigenvalue weighted by Crippen LogP contribution is 2.06. The Hall–Kier alpha value is -1.51. The predicted octanol–water partition coefficient (Wildman–Crippen LogP) is 1.40. The lowest BCUT2D eigenvalue weighted by atomic mass is 10.3. The van der Waals surface area contributed by atoms with Crippen LogP contribution in [0.5, 0.6) is 0 Å². The molecular weight excluding hydrogens is 154 g/mol. The van der Waals surface area contributed by atoms with E-state index in [1.807, 2.05) is 18.2 Å². The van der Waals surface area contributed by atoms with Gasteiger partial charge in [0.15, 0.2) is 0 Å². The SMILES string of the molecule is CC([N]c1ccccc1)C(=O)O. The lowest BCUT2D eigenvalue weighted by Crippen LogP contribution is -2.24. The second kappa shape index (κ2) is 3.76. The zero-order chi connectivity index (χ0) is 8.97. The van der Waals surface area contributed by atoms with Crippen molar-refractivity contribution in [1.29, 1.82) is 0 Å². The Labute approximate surface area is 71.0 Å². The molecule has 3 heteroatoms. The first kappa shape index (κ1) is 8.59. The quantitative estimate of drug-likeness (QED) is 0.734. The van der Waals surface area contributed by atoms with Gasteiger partial charge in [-0.15, -0.1) is 0 Å². The first-order chi connectivity index (χ1) is 5.70. The maximum Gasteiger partial charge on any atom is 0.328 e. The molecule has 1 unspecified atom stereocenters. The van der Waals surface area contributed by atoms with Crippen molar-refractivity contribution in [3.63, 3.8) is 0 Å². The monoisotopic (exact) mass is 164 g/mol. The zero-order valence-electron chi connectivity index (χ0n) is 6.77. The molecule has 0 aliphatic heterocycles. The first-order valence-electron chi connectivity index (χ1n) is 3.69. The highest BCUT2D eigenvalue weighted by Gasteiger charge is 2.11. The summed E-state index contributed by atoms with van der Waals surface area (Å²) >= 11 is 0. The second-order valence-corrected chi connectivity index (χ2v) is 2.48. The molecule has 0 saturated carbocycles. The molecule has 1 atom stereocenters. The standard InChI is InChI=1S/C9H10NO2/c1-7(9(11)12)10-8-5-3-2-4-6-8/h2-7H,1H3,(H,11,12). The number of carbonyl (C=O) groups is 1. The Morgan fingerprint density at radius 1 is 1.42 bits per heavy atom. The summed E-state index contributed by atoms with van der Waals surface area (Å²) in [6.45, 7) is 1.55. The maximum atomic E-state index is 10.4. The molecule has 12 heavy (non-hydrogen) atoms. The van der Waals surface area contributed by atoms with E-state index in [4.69, 9.17) is 5.11 Å². The number of hydrogen-bond donors (Lipinski definition) is 1. The van der Waals surface area contributed by atoms with Gasteiger partial charge in [-0.05, 0) is 19.1 Å². The largest absolute Gasteiger partial charge is 0.480 e. The average Bonchev–Trinajstić information content (AvgIpc) is 2.06. The van der Waals surface area contributed by atoms with E-state index < -0.39 is 12.0 Å². The summed E-state index contributed by atoms with van der Waals surface area (Å²) in [5.41, 5.74) is 0.701. The van der Waals surface area contributed by atoms with E-state index in [-0.39, 0.29) is 0 Å². The van der Waals surface area contributed by atoms with Gasteiger partial charge in [0.2, 0.25) is 0 Å². The van der Waals surface area contributed by atoms with Crippen LogP contribution >= 0.6 is 0 Å². The fourth-order valence-electron chi connectivity index (χ4n) is 0.793. The van der Waals surface area contributed by atoms with Crippen molar-refractivity contribution >= 4 is 11.7 Å². The van der Waals surface area contributed by atoms with Gasteiger partial charge in [-0.25, -0.2) is 4.79 Å². The van der Waals surface area contributed by atoms with E-state index in [0.717, 1.165) is 0 Å². The second-order valence-electron chi connectivity index (χ2n) is 2.48. The third kappa shape index (κ3) is 2.27. The van der Waals surface area contributed by atoms with E-state index in [0.29, 0.717) is 5.69 Å². The van der Waals surface area contributed by atoms with Gasteiger partial charge >= 0.3 is 5.97 Å². The normalized spacial score (nSPS) is 12.1. The van der Waals surface area contributed by atoms with Crippen molar-refractivity contribution in [3.8, 4) is 0 Å². The number of benzene rings is 1. The minimum Gasteiger partial charge on any atom is -0.480 e. The number of para-hydroxylation sites is 1. The molecule has 0 aliphatic carbocycles. The Bertz CT molecular complexity index is 258. The molecule has 0 fully saturated rings.